The summed E-state index contributed by atoms with van der Waals surface area (Å²) in [6.45, 7) is 6.33. The molecule has 0 amide bonds. The second-order valence-corrected chi connectivity index (χ2v) is 27.0. The van der Waals surface area contributed by atoms with Crippen molar-refractivity contribution >= 4 is 21.5 Å². The van der Waals surface area contributed by atoms with Gasteiger partial charge in [-0.25, -0.2) is 0 Å². The van der Waals surface area contributed by atoms with Crippen molar-refractivity contribution in [3.8, 4) is 0 Å². The van der Waals surface area contributed by atoms with Gasteiger partial charge in [0.25, 0.3) is 0 Å². The van der Waals surface area contributed by atoms with E-state index in [1.54, 1.807) is 0 Å². The number of benzene rings is 10. The predicted molar refractivity (Wildman–Crippen MR) is 397 cm³/mol. The molecule has 0 radical (unpaired) electrons. The lowest BCUT2D eigenvalue weighted by Crippen LogP contribution is -2.50. The van der Waals surface area contributed by atoms with E-state index >= 15 is 0 Å². The van der Waals surface area contributed by atoms with Crippen molar-refractivity contribution in [2.75, 3.05) is 39.6 Å². The molecular formula is C87H96O18. The Balaban J connectivity index is 0.000000198. The van der Waals surface area contributed by atoms with Gasteiger partial charge in [-0.15, -0.1) is 0 Å². The Morgan fingerprint density at radius 1 is 0.352 bits per heavy atom. The molecule has 0 bridgehead atoms. The van der Waals surface area contributed by atoms with Gasteiger partial charge in [-0.2, -0.15) is 0 Å². The van der Waals surface area contributed by atoms with E-state index in [9.17, 15) is 20.4 Å². The van der Waals surface area contributed by atoms with Crippen LogP contribution >= 0.6 is 0 Å². The highest BCUT2D eigenvalue weighted by Gasteiger charge is 2.52. The van der Waals surface area contributed by atoms with Gasteiger partial charge in [-0.3, -0.25) is 0 Å². The Hall–Kier alpha value is -8.00. The Morgan fingerprint density at radius 2 is 0.686 bits per heavy atom. The Labute approximate surface area is 614 Å². The van der Waals surface area contributed by atoms with Crippen molar-refractivity contribution < 1.29 is 86.7 Å². The van der Waals surface area contributed by atoms with Crippen LogP contribution in [0, 0.1) is 0 Å². The summed E-state index contributed by atoms with van der Waals surface area (Å²) in [7, 11) is 0. The zero-order valence-electron chi connectivity index (χ0n) is 59.4. The van der Waals surface area contributed by atoms with Crippen molar-refractivity contribution in [3.63, 3.8) is 0 Å². The maximum Gasteiger partial charge on any atom is 0.186 e. The van der Waals surface area contributed by atoms with Crippen LogP contribution in [-0.2, 0) is 119 Å². The first-order valence-electron chi connectivity index (χ1n) is 36.0. The molecule has 0 aromatic heterocycles. The smallest absolute Gasteiger partial charge is 0.186 e. The molecule has 3 heterocycles. The molecule has 3 aliphatic rings. The Bertz CT molecular complexity index is 4110. The van der Waals surface area contributed by atoms with Crippen molar-refractivity contribution in [3.05, 3.63) is 311 Å². The van der Waals surface area contributed by atoms with Gasteiger partial charge >= 0.3 is 0 Å². The summed E-state index contributed by atoms with van der Waals surface area (Å²) in [5.74, 6) is -0.839. The molecule has 8 unspecified atom stereocenters. The molecule has 4 N–H and O–H groups in total. The molecule has 0 saturated carbocycles. The van der Waals surface area contributed by atoms with Crippen molar-refractivity contribution in [2.24, 2.45) is 0 Å². The number of rotatable bonds is 37. The zero-order chi connectivity index (χ0) is 72.4. The molecule has 14 atom stereocenters. The fourth-order valence-corrected chi connectivity index (χ4v) is 12.9. The van der Waals surface area contributed by atoms with Crippen LogP contribution in [0.25, 0.3) is 21.5 Å². The van der Waals surface area contributed by atoms with Crippen LogP contribution in [0.1, 0.15) is 58.4 Å². The topological polar surface area (TPSA) is 210 Å². The molecule has 18 nitrogen and oxygen atoms in total. The van der Waals surface area contributed by atoms with Gasteiger partial charge in [0, 0.05) is 0 Å². The second-order valence-electron chi connectivity index (χ2n) is 27.0. The molecule has 105 heavy (non-hydrogen) atoms. The summed E-state index contributed by atoms with van der Waals surface area (Å²) in [6.07, 6.45) is -11.8. The predicted octanol–water partition coefficient (Wildman–Crippen LogP) is 12.9. The van der Waals surface area contributed by atoms with Crippen molar-refractivity contribution in [1.82, 2.24) is 0 Å². The average molecular weight is 1430 g/mol. The monoisotopic (exact) mass is 1430 g/mol. The largest absolute Gasteiger partial charge is 0.394 e. The molecule has 10 aromatic rings. The fourth-order valence-electron chi connectivity index (χ4n) is 12.9. The average Bonchev–Trinajstić information content (AvgIpc) is 1.65. The van der Waals surface area contributed by atoms with Crippen LogP contribution in [0.4, 0.5) is 0 Å². The molecule has 0 spiro atoms. The van der Waals surface area contributed by atoms with Crippen molar-refractivity contribution in [2.45, 2.75) is 158 Å². The van der Waals surface area contributed by atoms with Crippen LogP contribution in [0.3, 0.4) is 0 Å². The van der Waals surface area contributed by atoms with Crippen LogP contribution < -0.4 is 0 Å². The minimum absolute atomic E-state index is 0.0353. The third-order valence-electron chi connectivity index (χ3n) is 18.6. The number of ether oxygens (including phenoxy) is 14. The minimum atomic E-state index is -1.35. The number of fused-ring (bicyclic) bond motifs is 3. The molecule has 3 aliphatic heterocycles. The summed E-state index contributed by atoms with van der Waals surface area (Å²) in [5.41, 5.74) is 8.01. The maximum atomic E-state index is 11.3. The lowest BCUT2D eigenvalue weighted by atomic mass is 10.1. The summed E-state index contributed by atoms with van der Waals surface area (Å²) in [5, 5.41) is 46.6. The molecule has 0 aliphatic carbocycles. The SMILES string of the molecule is CC1(C)OC[C@H]2O[C@@H](OCC(OCc3ccccc3)C(OCc3ccccc3)C(COCc3ccc4ccccc4c3)OCc3ccccc3)[C@@H](O)C2O1.OC[C@H]1O[C@@H](OCC(OCc2ccccc2)C(OCc2ccccc2)C(COCc2ccc3ccccc3c2)OCc2ccccc2)[C@@H](O)C1O. The van der Waals surface area contributed by atoms with Crippen LogP contribution in [-0.4, -0.2) is 152 Å². The zero-order valence-corrected chi connectivity index (χ0v) is 59.4. The maximum absolute atomic E-state index is 11.3. The normalized spacial score (nSPS) is 21.6. The minimum Gasteiger partial charge on any atom is -0.394 e. The first-order valence-corrected chi connectivity index (χ1v) is 36.0. The molecule has 13 rings (SSSR count). The first kappa shape index (κ1) is 76.6. The lowest BCUT2D eigenvalue weighted by Gasteiger charge is -2.37. The van der Waals surface area contributed by atoms with Gasteiger partial charge in [-0.05, 0) is 92.0 Å². The number of aliphatic hydroxyl groups is 4. The van der Waals surface area contributed by atoms with E-state index in [-0.39, 0.29) is 46.2 Å². The van der Waals surface area contributed by atoms with E-state index in [1.165, 1.54) is 5.39 Å². The van der Waals surface area contributed by atoms with E-state index in [0.717, 1.165) is 60.7 Å². The Kier molecular flexibility index (Phi) is 28.9. The highest BCUT2D eigenvalue weighted by molar-refractivity contribution is 5.83. The fraction of sp³-hybridized carbons (Fsp3) is 0.356. The molecule has 3 saturated heterocycles. The molecule has 18 heteroatoms. The lowest BCUT2D eigenvalue weighted by molar-refractivity contribution is -0.300. The van der Waals surface area contributed by atoms with Gasteiger partial charge in [0.1, 0.15) is 73.2 Å². The number of hydrogen-bond acceptors (Lipinski definition) is 18. The number of aliphatic hydroxyl groups excluding tert-OH is 4. The van der Waals surface area contributed by atoms with Gasteiger partial charge in [0.05, 0.1) is 92.5 Å². The standard InChI is InChI=1S/C45H50O9.C42H46O9/c1-45(2)52-31-40-43(54-45)41(46)44(53-40)51-30-39(49-27-33-16-8-4-9-17-33)42(50-28-34-18-10-5-11-19-34)38(48-26-32-14-6-3-7-15-32)29-47-25-35-22-23-36-20-12-13-21-37(36)24-35;43-23-36-39(44)40(45)42(51-36)50-29-38(48-26-31-14-6-2-7-15-31)41(49-27-32-16-8-3-9-17-32)37(47-25-30-12-4-1-5-13-30)28-46-24-33-20-21-34-18-10-11-19-35(34)22-33/h3-24,38-44,46H,25-31H2,1-2H3;1-22,36-45H,23-29H2/t38?,39?,40-,41+,42?,43?,44-;36-,37?,38?,39?,40+,41?,42-/m11/s1. The summed E-state index contributed by atoms with van der Waals surface area (Å²) in [4.78, 5) is 0. The second kappa shape index (κ2) is 39.6. The molecule has 3 fully saturated rings. The van der Waals surface area contributed by atoms with E-state index in [0.29, 0.717) is 39.6 Å². The van der Waals surface area contributed by atoms with Gasteiger partial charge < -0.3 is 86.7 Å². The Morgan fingerprint density at radius 3 is 1.05 bits per heavy atom. The highest BCUT2D eigenvalue weighted by atomic mass is 16.8. The van der Waals surface area contributed by atoms with Crippen molar-refractivity contribution in [1.29, 1.82) is 0 Å². The van der Waals surface area contributed by atoms with Gasteiger partial charge in [0.15, 0.2) is 18.4 Å². The quantitative estimate of drug-likeness (QED) is 0.0285. The van der Waals surface area contributed by atoms with Crippen LogP contribution in [0.15, 0.2) is 267 Å². The molecular weight excluding hydrogens is 1330 g/mol. The van der Waals surface area contributed by atoms with E-state index in [1.807, 2.05) is 220 Å². The highest BCUT2D eigenvalue weighted by Crippen LogP contribution is 2.35. The molecule has 552 valence electrons. The van der Waals surface area contributed by atoms with E-state index < -0.39 is 98.2 Å². The van der Waals surface area contributed by atoms with Crippen LogP contribution in [0.5, 0.6) is 0 Å². The summed E-state index contributed by atoms with van der Waals surface area (Å²) >= 11 is 0. The third-order valence-corrected chi connectivity index (χ3v) is 18.6. The first-order chi connectivity index (χ1) is 51.5. The van der Waals surface area contributed by atoms with Gasteiger partial charge in [-0.1, -0.05) is 255 Å². The van der Waals surface area contributed by atoms with Crippen LogP contribution in [0.2, 0.25) is 0 Å². The molecule has 10 aromatic carbocycles. The van der Waals surface area contributed by atoms with E-state index in [2.05, 4.69) is 60.7 Å². The third kappa shape index (κ3) is 22.8. The van der Waals surface area contributed by atoms with E-state index in [4.69, 9.17) is 66.3 Å². The summed E-state index contributed by atoms with van der Waals surface area (Å²) in [6, 6.07) is 88.6. The summed E-state index contributed by atoms with van der Waals surface area (Å²) < 4.78 is 89.0. The number of hydrogen-bond donors (Lipinski definition) is 4. The van der Waals surface area contributed by atoms with Gasteiger partial charge in [0.2, 0.25) is 0 Å².